The summed E-state index contributed by atoms with van der Waals surface area (Å²) in [6, 6.07) is 4.78. The maximum Gasteiger partial charge on any atom is 0.270 e. The standard InChI is InChI=1S/C15H8N4O5S/c20-12-5-8(16-15-17(12)3-4-25-15)7-18-13(21)10-2-1-9(19(23)24)6-11(10)14(18)22/h1-6H,7H2. The fourth-order valence-electron chi connectivity index (χ4n) is 2.67. The van der Waals surface area contributed by atoms with Crippen LogP contribution in [-0.4, -0.2) is 31.0 Å². The fourth-order valence-corrected chi connectivity index (χ4v) is 3.41. The van der Waals surface area contributed by atoms with E-state index in [-0.39, 0.29) is 34.6 Å². The van der Waals surface area contributed by atoms with Crippen molar-refractivity contribution in [3.8, 4) is 0 Å². The Hall–Kier alpha value is -3.40. The molecule has 25 heavy (non-hydrogen) atoms. The lowest BCUT2D eigenvalue weighted by Gasteiger charge is -2.12. The smallest absolute Gasteiger partial charge is 0.269 e. The molecule has 0 unspecified atom stereocenters. The molecule has 1 aliphatic heterocycles. The third-order valence-electron chi connectivity index (χ3n) is 3.84. The van der Waals surface area contributed by atoms with Gasteiger partial charge in [0.15, 0.2) is 4.96 Å². The van der Waals surface area contributed by atoms with Crippen LogP contribution in [0.2, 0.25) is 0 Å². The number of carbonyl (C=O) groups excluding carboxylic acids is 2. The van der Waals surface area contributed by atoms with Gasteiger partial charge in [-0.3, -0.25) is 33.8 Å². The van der Waals surface area contributed by atoms with Crippen molar-refractivity contribution in [1.29, 1.82) is 0 Å². The largest absolute Gasteiger partial charge is 0.270 e. The second kappa shape index (κ2) is 5.31. The summed E-state index contributed by atoms with van der Waals surface area (Å²) in [5.74, 6) is -1.21. The van der Waals surface area contributed by atoms with Crippen molar-refractivity contribution < 1.29 is 14.5 Å². The molecule has 0 saturated heterocycles. The molecule has 124 valence electrons. The molecule has 3 heterocycles. The summed E-state index contributed by atoms with van der Waals surface area (Å²) in [7, 11) is 0. The highest BCUT2D eigenvalue weighted by atomic mass is 32.1. The number of nitrogens with zero attached hydrogens (tertiary/aromatic N) is 4. The number of aromatic nitrogens is 2. The van der Waals surface area contributed by atoms with Gasteiger partial charge in [0.2, 0.25) is 0 Å². The Labute approximate surface area is 142 Å². The van der Waals surface area contributed by atoms with Crippen LogP contribution in [0.3, 0.4) is 0 Å². The Bertz CT molecular complexity index is 1130. The average Bonchev–Trinajstić information content (AvgIpc) is 3.14. The SMILES string of the molecule is O=C1c2ccc([N+](=O)[O-])cc2C(=O)N1Cc1cc(=O)n2ccsc2n1. The zero-order valence-corrected chi connectivity index (χ0v) is 13.2. The van der Waals surface area contributed by atoms with Crippen molar-refractivity contribution in [2.45, 2.75) is 6.54 Å². The van der Waals surface area contributed by atoms with Crippen molar-refractivity contribution in [2.75, 3.05) is 0 Å². The molecule has 0 N–H and O–H groups in total. The number of carbonyl (C=O) groups is 2. The maximum atomic E-state index is 12.5. The Kier molecular flexibility index (Phi) is 3.22. The summed E-state index contributed by atoms with van der Waals surface area (Å²) in [5, 5.41) is 12.6. The molecule has 9 nitrogen and oxygen atoms in total. The van der Waals surface area contributed by atoms with Crippen molar-refractivity contribution in [3.63, 3.8) is 0 Å². The molecule has 2 aromatic heterocycles. The van der Waals surface area contributed by atoms with E-state index >= 15 is 0 Å². The molecule has 0 saturated carbocycles. The van der Waals surface area contributed by atoms with Gasteiger partial charge in [-0.05, 0) is 6.07 Å². The zero-order chi connectivity index (χ0) is 17.7. The van der Waals surface area contributed by atoms with Crippen LogP contribution in [0.5, 0.6) is 0 Å². The van der Waals surface area contributed by atoms with Crippen LogP contribution in [0.15, 0.2) is 40.6 Å². The predicted molar refractivity (Wildman–Crippen MR) is 86.6 cm³/mol. The van der Waals surface area contributed by atoms with Crippen molar-refractivity contribution in [1.82, 2.24) is 14.3 Å². The summed E-state index contributed by atoms with van der Waals surface area (Å²) in [6.07, 6.45) is 1.58. The highest BCUT2D eigenvalue weighted by Crippen LogP contribution is 2.27. The number of thiazole rings is 1. The van der Waals surface area contributed by atoms with Crippen LogP contribution in [0, 0.1) is 10.1 Å². The summed E-state index contributed by atoms with van der Waals surface area (Å²) in [5.41, 5.74) is -0.222. The molecule has 0 fully saturated rings. The number of imide groups is 1. The first-order valence-corrected chi connectivity index (χ1v) is 7.94. The van der Waals surface area contributed by atoms with Crippen molar-refractivity contribution in [3.05, 3.63) is 73.1 Å². The monoisotopic (exact) mass is 356 g/mol. The lowest BCUT2D eigenvalue weighted by molar-refractivity contribution is -0.384. The van der Waals surface area contributed by atoms with Gasteiger partial charge in [0.05, 0.1) is 28.3 Å². The van der Waals surface area contributed by atoms with Gasteiger partial charge < -0.3 is 0 Å². The third-order valence-corrected chi connectivity index (χ3v) is 4.60. The average molecular weight is 356 g/mol. The minimum absolute atomic E-state index is 0.0203. The maximum absolute atomic E-state index is 12.5. The van der Waals surface area contributed by atoms with Crippen molar-refractivity contribution in [2.24, 2.45) is 0 Å². The Morgan fingerprint density at radius 2 is 1.88 bits per heavy atom. The molecular formula is C15H8N4O5S. The lowest BCUT2D eigenvalue weighted by Crippen LogP contribution is -2.30. The van der Waals surface area contributed by atoms with Gasteiger partial charge in [-0.1, -0.05) is 0 Å². The molecule has 4 rings (SSSR count). The number of hydrogen-bond acceptors (Lipinski definition) is 7. The van der Waals surface area contributed by atoms with Gasteiger partial charge in [0.1, 0.15) is 0 Å². The number of benzene rings is 1. The highest BCUT2D eigenvalue weighted by Gasteiger charge is 2.37. The molecule has 3 aromatic rings. The minimum Gasteiger partial charge on any atom is -0.269 e. The summed E-state index contributed by atoms with van der Waals surface area (Å²) in [6.45, 7) is -0.177. The Balaban J connectivity index is 1.71. The second-order valence-electron chi connectivity index (χ2n) is 5.32. The van der Waals surface area contributed by atoms with E-state index in [9.17, 15) is 24.5 Å². The number of hydrogen-bond donors (Lipinski definition) is 0. The van der Waals surface area contributed by atoms with Gasteiger partial charge in [0.25, 0.3) is 23.1 Å². The molecule has 0 aliphatic carbocycles. The van der Waals surface area contributed by atoms with Gasteiger partial charge in [-0.2, -0.15) is 0 Å². The van der Waals surface area contributed by atoms with E-state index < -0.39 is 16.7 Å². The molecular weight excluding hydrogens is 348 g/mol. The molecule has 0 radical (unpaired) electrons. The van der Waals surface area contributed by atoms with E-state index in [1.54, 1.807) is 11.6 Å². The quantitative estimate of drug-likeness (QED) is 0.399. The van der Waals surface area contributed by atoms with E-state index in [2.05, 4.69) is 4.98 Å². The van der Waals surface area contributed by atoms with Crippen LogP contribution in [-0.2, 0) is 6.54 Å². The number of fused-ring (bicyclic) bond motifs is 2. The molecule has 0 bridgehead atoms. The third kappa shape index (κ3) is 2.31. The number of amides is 2. The van der Waals surface area contributed by atoms with Crippen LogP contribution in [0.25, 0.3) is 4.96 Å². The molecule has 1 aliphatic rings. The minimum atomic E-state index is -0.642. The molecule has 1 aromatic carbocycles. The predicted octanol–water partition coefficient (Wildman–Crippen LogP) is 1.46. The number of nitro benzene ring substituents is 1. The van der Waals surface area contributed by atoms with Gasteiger partial charge in [-0.15, -0.1) is 11.3 Å². The Morgan fingerprint density at radius 1 is 1.12 bits per heavy atom. The Morgan fingerprint density at radius 3 is 2.64 bits per heavy atom. The van der Waals surface area contributed by atoms with E-state index in [0.29, 0.717) is 4.96 Å². The van der Waals surface area contributed by atoms with Crippen LogP contribution < -0.4 is 5.56 Å². The van der Waals surface area contributed by atoms with Gasteiger partial charge >= 0.3 is 0 Å². The first-order chi connectivity index (χ1) is 12.0. The van der Waals surface area contributed by atoms with Gasteiger partial charge in [0, 0.05) is 29.8 Å². The molecule has 2 amide bonds. The van der Waals surface area contributed by atoms with E-state index in [0.717, 1.165) is 11.0 Å². The normalized spacial score (nSPS) is 13.5. The zero-order valence-electron chi connectivity index (χ0n) is 12.4. The fraction of sp³-hybridized carbons (Fsp3) is 0.0667. The summed E-state index contributed by atoms with van der Waals surface area (Å²) in [4.78, 5) is 52.7. The molecule has 0 atom stereocenters. The van der Waals surface area contributed by atoms with Crippen LogP contribution in [0.1, 0.15) is 26.4 Å². The van der Waals surface area contributed by atoms with Gasteiger partial charge in [-0.25, -0.2) is 4.98 Å². The van der Waals surface area contributed by atoms with E-state index in [1.807, 2.05) is 0 Å². The van der Waals surface area contributed by atoms with E-state index in [4.69, 9.17) is 0 Å². The number of non-ortho nitro benzene ring substituents is 1. The first-order valence-electron chi connectivity index (χ1n) is 7.06. The van der Waals surface area contributed by atoms with Crippen LogP contribution in [0.4, 0.5) is 5.69 Å². The topological polar surface area (TPSA) is 115 Å². The first kappa shape index (κ1) is 15.1. The summed E-state index contributed by atoms with van der Waals surface area (Å²) < 4.78 is 1.36. The lowest BCUT2D eigenvalue weighted by atomic mass is 10.1. The van der Waals surface area contributed by atoms with Crippen LogP contribution >= 0.6 is 11.3 Å². The summed E-state index contributed by atoms with van der Waals surface area (Å²) >= 11 is 1.26. The van der Waals surface area contributed by atoms with Crippen molar-refractivity contribution >= 4 is 33.8 Å². The number of nitro groups is 1. The highest BCUT2D eigenvalue weighted by molar-refractivity contribution is 7.15. The van der Waals surface area contributed by atoms with E-state index in [1.165, 1.54) is 33.9 Å². The second-order valence-corrected chi connectivity index (χ2v) is 6.20. The molecule has 10 heteroatoms. The molecule has 0 spiro atoms. The number of rotatable bonds is 3.